The summed E-state index contributed by atoms with van der Waals surface area (Å²) in [4.78, 5) is 24.1. The summed E-state index contributed by atoms with van der Waals surface area (Å²) in [5, 5.41) is 0.251. The number of hydrogen-bond acceptors (Lipinski definition) is 3. The van der Waals surface area contributed by atoms with Gasteiger partial charge in [-0.05, 0) is 98.6 Å². The fourth-order valence-electron chi connectivity index (χ4n) is 8.11. The highest BCUT2D eigenvalue weighted by molar-refractivity contribution is 6.74. The van der Waals surface area contributed by atoms with Crippen molar-refractivity contribution in [3.05, 3.63) is 11.6 Å². The van der Waals surface area contributed by atoms with Crippen molar-refractivity contribution < 1.29 is 14.0 Å². The summed E-state index contributed by atoms with van der Waals surface area (Å²) in [5.41, 5.74) is 1.80. The Morgan fingerprint density at radius 2 is 1.82 bits per heavy atom. The number of aldehydes is 1. The van der Waals surface area contributed by atoms with Crippen molar-refractivity contribution in [2.45, 2.75) is 123 Å². The number of unbranched alkanes of at least 4 members (excludes halogenated alkanes) is 1. The van der Waals surface area contributed by atoms with E-state index in [1.54, 1.807) is 5.57 Å². The molecule has 0 aliphatic heterocycles. The van der Waals surface area contributed by atoms with E-state index in [9.17, 15) is 9.59 Å². The van der Waals surface area contributed by atoms with Gasteiger partial charge in [0.1, 0.15) is 12.1 Å². The molecule has 0 aromatic heterocycles. The lowest BCUT2D eigenvalue weighted by Crippen LogP contribution is -2.52. The summed E-state index contributed by atoms with van der Waals surface area (Å²) in [6.07, 6.45) is 14.3. The molecule has 4 rings (SSSR count). The molecule has 0 saturated heterocycles. The SMILES string of the molecule is CC(C)(C)[Si](C)(C)O[C@H]1CC[C@@]2(C)C(=CC[C@H]3[C@@H]4[C@H](CCCC=O)CC(=O)[C@@]4(C)CC[C@@H]32)C1. The number of rotatable bonds is 6. The van der Waals surface area contributed by atoms with E-state index in [2.05, 4.69) is 53.8 Å². The highest BCUT2D eigenvalue weighted by atomic mass is 28.4. The summed E-state index contributed by atoms with van der Waals surface area (Å²) in [7, 11) is -1.76. The average Bonchev–Trinajstić information content (AvgIpc) is 2.98. The molecule has 7 atom stereocenters. The number of Topliss-reactive ketones (excluding diaryl/α,β-unsaturated/α-hetero) is 1. The third-order valence-corrected chi connectivity index (χ3v) is 15.6. The van der Waals surface area contributed by atoms with E-state index in [4.69, 9.17) is 4.43 Å². The molecule has 0 heterocycles. The van der Waals surface area contributed by atoms with Crippen LogP contribution in [-0.2, 0) is 14.0 Å². The van der Waals surface area contributed by atoms with E-state index >= 15 is 0 Å². The summed E-state index contributed by atoms with van der Waals surface area (Å²) in [6, 6.07) is 0. The molecule has 0 bridgehead atoms. The molecule has 0 unspecified atom stereocenters. The van der Waals surface area contributed by atoms with Crippen LogP contribution < -0.4 is 0 Å². The zero-order valence-electron chi connectivity index (χ0n) is 22.3. The fraction of sp³-hybridized carbons (Fsp3) is 0.862. The van der Waals surface area contributed by atoms with Crippen molar-refractivity contribution in [3.63, 3.8) is 0 Å². The molecule has 4 heteroatoms. The van der Waals surface area contributed by atoms with Crippen molar-refractivity contribution >= 4 is 20.4 Å². The molecule has 0 N–H and O–H groups in total. The van der Waals surface area contributed by atoms with Gasteiger partial charge in [-0.3, -0.25) is 4.79 Å². The van der Waals surface area contributed by atoms with Crippen molar-refractivity contribution in [1.29, 1.82) is 0 Å². The molecule has 3 saturated carbocycles. The van der Waals surface area contributed by atoms with Crippen molar-refractivity contribution in [2.75, 3.05) is 0 Å². The van der Waals surface area contributed by atoms with Gasteiger partial charge in [-0.15, -0.1) is 0 Å². The van der Waals surface area contributed by atoms with Crippen LogP contribution in [0.5, 0.6) is 0 Å². The number of fused-ring (bicyclic) bond motifs is 5. The summed E-state index contributed by atoms with van der Waals surface area (Å²) < 4.78 is 6.87. The van der Waals surface area contributed by atoms with Crippen LogP contribution >= 0.6 is 0 Å². The Morgan fingerprint density at radius 1 is 1.12 bits per heavy atom. The van der Waals surface area contributed by atoms with Gasteiger partial charge in [-0.2, -0.15) is 0 Å². The van der Waals surface area contributed by atoms with E-state index in [0.717, 1.165) is 44.8 Å². The highest BCUT2D eigenvalue weighted by Gasteiger charge is 2.61. The Morgan fingerprint density at radius 3 is 2.48 bits per heavy atom. The molecule has 4 aliphatic rings. The second-order valence-electron chi connectivity index (χ2n) is 13.9. The van der Waals surface area contributed by atoms with E-state index in [0.29, 0.717) is 42.0 Å². The topological polar surface area (TPSA) is 43.4 Å². The van der Waals surface area contributed by atoms with Crippen molar-refractivity contribution in [2.24, 2.45) is 34.5 Å². The largest absolute Gasteiger partial charge is 0.414 e. The fourth-order valence-corrected chi connectivity index (χ4v) is 9.50. The average molecular weight is 473 g/mol. The van der Waals surface area contributed by atoms with Crippen LogP contribution in [0.2, 0.25) is 18.1 Å². The lowest BCUT2D eigenvalue weighted by molar-refractivity contribution is -0.132. The second-order valence-corrected chi connectivity index (χ2v) is 18.6. The standard InChI is InChI=1S/C29H48O3Si/c1-27(2,3)33(6,7)32-22-13-15-28(4)21(19-22)11-12-23-24(28)14-16-29(5)25(31)18-20(26(23)29)10-8-9-17-30/h11,17,20,22-24,26H,8-10,12-16,18-19H2,1-7H3/t20-,22+,23-,24+,26+,28+,29-/m1/s1. The van der Waals surface area contributed by atoms with Gasteiger partial charge in [-0.25, -0.2) is 0 Å². The summed E-state index contributed by atoms with van der Waals surface area (Å²) in [6.45, 7) is 16.6. The van der Waals surface area contributed by atoms with Gasteiger partial charge >= 0.3 is 0 Å². The smallest absolute Gasteiger partial charge is 0.192 e. The van der Waals surface area contributed by atoms with Gasteiger partial charge in [-0.1, -0.05) is 46.3 Å². The van der Waals surface area contributed by atoms with Crippen molar-refractivity contribution in [3.8, 4) is 0 Å². The highest BCUT2D eigenvalue weighted by Crippen LogP contribution is 2.66. The minimum absolute atomic E-state index is 0.128. The van der Waals surface area contributed by atoms with Gasteiger partial charge < -0.3 is 9.22 Å². The lowest BCUT2D eigenvalue weighted by atomic mass is 9.47. The number of carbonyl (C=O) groups excluding carboxylic acids is 2. The van der Waals surface area contributed by atoms with E-state index in [1.165, 1.54) is 19.3 Å². The second kappa shape index (κ2) is 8.73. The van der Waals surface area contributed by atoms with Crippen LogP contribution in [0.25, 0.3) is 0 Å². The van der Waals surface area contributed by atoms with Crippen LogP contribution in [0.1, 0.15) is 98.8 Å². The third kappa shape index (κ3) is 4.26. The Bertz CT molecular complexity index is 808. The zero-order valence-corrected chi connectivity index (χ0v) is 23.3. The predicted octanol–water partition coefficient (Wildman–Crippen LogP) is 7.50. The third-order valence-electron chi connectivity index (χ3n) is 11.1. The molecule has 33 heavy (non-hydrogen) atoms. The minimum Gasteiger partial charge on any atom is -0.414 e. The number of allylic oxidation sites excluding steroid dienone is 1. The van der Waals surface area contributed by atoms with Gasteiger partial charge in [0.2, 0.25) is 0 Å². The van der Waals surface area contributed by atoms with E-state index in [-0.39, 0.29) is 15.9 Å². The Kier molecular flexibility index (Phi) is 6.71. The molecule has 0 amide bonds. The monoisotopic (exact) mass is 472 g/mol. The maximum Gasteiger partial charge on any atom is 0.192 e. The van der Waals surface area contributed by atoms with Crippen LogP contribution in [0.4, 0.5) is 0 Å². The Hall–Kier alpha value is -0.743. The first-order valence-electron chi connectivity index (χ1n) is 13.7. The molecule has 186 valence electrons. The van der Waals surface area contributed by atoms with Crippen LogP contribution in [0.3, 0.4) is 0 Å². The number of ketones is 1. The normalized spacial score (nSPS) is 41.1. The first-order valence-corrected chi connectivity index (χ1v) is 16.6. The molecule has 4 aliphatic carbocycles. The molecule has 3 fully saturated rings. The Balaban J connectivity index is 1.55. The maximum absolute atomic E-state index is 13.2. The van der Waals surface area contributed by atoms with Gasteiger partial charge in [0.25, 0.3) is 0 Å². The first-order chi connectivity index (χ1) is 15.3. The molecular weight excluding hydrogens is 424 g/mol. The zero-order chi connectivity index (χ0) is 24.2. The summed E-state index contributed by atoms with van der Waals surface area (Å²) >= 11 is 0. The van der Waals surface area contributed by atoms with Crippen LogP contribution in [0.15, 0.2) is 11.6 Å². The quantitative estimate of drug-likeness (QED) is 0.174. The number of carbonyl (C=O) groups is 2. The van der Waals surface area contributed by atoms with Gasteiger partial charge in [0, 0.05) is 24.4 Å². The molecule has 0 spiro atoms. The Labute approximate surface area is 203 Å². The molecule has 3 nitrogen and oxygen atoms in total. The van der Waals surface area contributed by atoms with Gasteiger partial charge in [0.05, 0.1) is 0 Å². The lowest BCUT2D eigenvalue weighted by Gasteiger charge is -2.58. The van der Waals surface area contributed by atoms with Crippen LogP contribution in [-0.4, -0.2) is 26.5 Å². The van der Waals surface area contributed by atoms with Gasteiger partial charge in [0.15, 0.2) is 8.32 Å². The molecule has 0 aromatic rings. The van der Waals surface area contributed by atoms with E-state index < -0.39 is 8.32 Å². The summed E-state index contributed by atoms with van der Waals surface area (Å²) in [5.74, 6) is 2.82. The molecule has 0 radical (unpaired) electrons. The number of hydrogen-bond donors (Lipinski definition) is 0. The molecule has 0 aromatic carbocycles. The maximum atomic E-state index is 13.2. The first kappa shape index (κ1) is 25.4. The predicted molar refractivity (Wildman–Crippen MR) is 138 cm³/mol. The van der Waals surface area contributed by atoms with E-state index in [1.807, 2.05) is 0 Å². The van der Waals surface area contributed by atoms with Crippen molar-refractivity contribution in [1.82, 2.24) is 0 Å². The van der Waals surface area contributed by atoms with Crippen LogP contribution in [0, 0.1) is 34.5 Å². The minimum atomic E-state index is -1.76. The molecular formula is C29H48O3Si.